The SMILES string of the molecule is CCOC(OCC)c1cccc(I)c1. The van der Waals surface area contributed by atoms with Gasteiger partial charge in [-0.1, -0.05) is 12.1 Å². The summed E-state index contributed by atoms with van der Waals surface area (Å²) < 4.78 is 12.2. The third kappa shape index (κ3) is 3.55. The summed E-state index contributed by atoms with van der Waals surface area (Å²) in [5.74, 6) is 0. The van der Waals surface area contributed by atoms with Crippen LogP contribution in [0.3, 0.4) is 0 Å². The van der Waals surface area contributed by atoms with Crippen LogP contribution in [0, 0.1) is 3.57 Å². The van der Waals surface area contributed by atoms with Crippen molar-refractivity contribution < 1.29 is 9.47 Å². The molecule has 0 amide bonds. The standard InChI is InChI=1S/C11H15IO2/c1-3-13-11(14-4-2)9-6-5-7-10(12)8-9/h5-8,11H,3-4H2,1-2H3. The molecule has 0 heterocycles. The molecule has 1 aromatic rings. The van der Waals surface area contributed by atoms with Crippen LogP contribution in [0.4, 0.5) is 0 Å². The zero-order valence-corrected chi connectivity index (χ0v) is 10.7. The first-order chi connectivity index (χ1) is 6.77. The second-order valence-electron chi connectivity index (χ2n) is 2.80. The Hall–Kier alpha value is -0.130. The van der Waals surface area contributed by atoms with E-state index in [1.165, 1.54) is 3.57 Å². The van der Waals surface area contributed by atoms with Gasteiger partial charge in [-0.2, -0.15) is 0 Å². The van der Waals surface area contributed by atoms with Gasteiger partial charge in [0.05, 0.1) is 0 Å². The van der Waals surface area contributed by atoms with E-state index in [2.05, 4.69) is 34.7 Å². The van der Waals surface area contributed by atoms with Crippen molar-refractivity contribution in [1.82, 2.24) is 0 Å². The Balaban J connectivity index is 2.75. The van der Waals surface area contributed by atoms with Crippen LogP contribution in [0.15, 0.2) is 24.3 Å². The molecule has 0 spiro atoms. The number of rotatable bonds is 5. The van der Waals surface area contributed by atoms with E-state index < -0.39 is 0 Å². The second kappa shape index (κ2) is 6.37. The third-order valence-corrected chi connectivity index (χ3v) is 2.43. The Morgan fingerprint density at radius 1 is 1.21 bits per heavy atom. The number of ether oxygens (including phenoxy) is 2. The fourth-order valence-corrected chi connectivity index (χ4v) is 1.76. The van der Waals surface area contributed by atoms with Gasteiger partial charge in [0, 0.05) is 22.3 Å². The smallest absolute Gasteiger partial charge is 0.183 e. The van der Waals surface area contributed by atoms with Crippen LogP contribution >= 0.6 is 22.6 Å². The largest absolute Gasteiger partial charge is 0.349 e. The van der Waals surface area contributed by atoms with E-state index in [0.29, 0.717) is 13.2 Å². The van der Waals surface area contributed by atoms with Crippen LogP contribution in [-0.2, 0) is 9.47 Å². The topological polar surface area (TPSA) is 18.5 Å². The van der Waals surface area contributed by atoms with Crippen molar-refractivity contribution in [3.63, 3.8) is 0 Å². The van der Waals surface area contributed by atoms with E-state index in [1.54, 1.807) is 0 Å². The van der Waals surface area contributed by atoms with Crippen LogP contribution in [0.1, 0.15) is 25.7 Å². The maximum absolute atomic E-state index is 5.50. The molecule has 0 atom stereocenters. The molecule has 0 aliphatic rings. The van der Waals surface area contributed by atoms with Gasteiger partial charge >= 0.3 is 0 Å². The van der Waals surface area contributed by atoms with Gasteiger partial charge in [-0.3, -0.25) is 0 Å². The lowest BCUT2D eigenvalue weighted by atomic mass is 10.2. The van der Waals surface area contributed by atoms with Crippen molar-refractivity contribution in [3.8, 4) is 0 Å². The summed E-state index contributed by atoms with van der Waals surface area (Å²) in [7, 11) is 0. The minimum atomic E-state index is -0.222. The first kappa shape index (κ1) is 11.9. The van der Waals surface area contributed by atoms with E-state index in [9.17, 15) is 0 Å². The van der Waals surface area contributed by atoms with Crippen LogP contribution in [0.25, 0.3) is 0 Å². The maximum Gasteiger partial charge on any atom is 0.183 e. The molecule has 14 heavy (non-hydrogen) atoms. The minimum Gasteiger partial charge on any atom is -0.349 e. The molecule has 1 aromatic carbocycles. The molecule has 2 nitrogen and oxygen atoms in total. The Morgan fingerprint density at radius 2 is 1.86 bits per heavy atom. The van der Waals surface area contributed by atoms with E-state index >= 15 is 0 Å². The molecule has 0 fully saturated rings. The Kier molecular flexibility index (Phi) is 5.44. The highest BCUT2D eigenvalue weighted by atomic mass is 127. The summed E-state index contributed by atoms with van der Waals surface area (Å²) in [6.07, 6.45) is -0.222. The summed E-state index contributed by atoms with van der Waals surface area (Å²) in [4.78, 5) is 0. The van der Waals surface area contributed by atoms with Gasteiger partial charge in [-0.15, -0.1) is 0 Å². The van der Waals surface area contributed by atoms with Gasteiger partial charge in [-0.05, 0) is 48.6 Å². The molecule has 0 saturated heterocycles. The van der Waals surface area contributed by atoms with Crippen LogP contribution in [0.2, 0.25) is 0 Å². The first-order valence-electron chi connectivity index (χ1n) is 4.76. The molecule has 0 unspecified atom stereocenters. The van der Waals surface area contributed by atoms with Crippen LogP contribution < -0.4 is 0 Å². The van der Waals surface area contributed by atoms with Gasteiger partial charge in [0.2, 0.25) is 0 Å². The highest BCUT2D eigenvalue weighted by Crippen LogP contribution is 2.20. The predicted octanol–water partition coefficient (Wildman–Crippen LogP) is 3.36. The molecular formula is C11H15IO2. The second-order valence-corrected chi connectivity index (χ2v) is 4.04. The lowest BCUT2D eigenvalue weighted by Gasteiger charge is -2.17. The lowest BCUT2D eigenvalue weighted by Crippen LogP contribution is -2.08. The number of hydrogen-bond acceptors (Lipinski definition) is 2. The van der Waals surface area contributed by atoms with Crippen molar-refractivity contribution in [2.75, 3.05) is 13.2 Å². The van der Waals surface area contributed by atoms with E-state index in [1.807, 2.05) is 26.0 Å². The number of halogens is 1. The normalized spacial score (nSPS) is 10.9. The van der Waals surface area contributed by atoms with E-state index in [4.69, 9.17) is 9.47 Å². The first-order valence-corrected chi connectivity index (χ1v) is 5.84. The Morgan fingerprint density at radius 3 is 2.36 bits per heavy atom. The summed E-state index contributed by atoms with van der Waals surface area (Å²) >= 11 is 2.28. The van der Waals surface area contributed by atoms with Gasteiger partial charge in [0.1, 0.15) is 0 Å². The molecule has 3 heteroatoms. The Bertz CT molecular complexity index is 270. The number of hydrogen-bond donors (Lipinski definition) is 0. The van der Waals surface area contributed by atoms with E-state index in [-0.39, 0.29) is 6.29 Å². The van der Waals surface area contributed by atoms with Crippen molar-refractivity contribution in [3.05, 3.63) is 33.4 Å². The highest BCUT2D eigenvalue weighted by molar-refractivity contribution is 14.1. The molecule has 0 N–H and O–H groups in total. The van der Waals surface area contributed by atoms with Gasteiger partial charge < -0.3 is 9.47 Å². The zero-order valence-electron chi connectivity index (χ0n) is 8.50. The van der Waals surface area contributed by atoms with Crippen molar-refractivity contribution >= 4 is 22.6 Å². The highest BCUT2D eigenvalue weighted by Gasteiger charge is 2.10. The molecule has 0 radical (unpaired) electrons. The monoisotopic (exact) mass is 306 g/mol. The summed E-state index contributed by atoms with van der Waals surface area (Å²) in [6.45, 7) is 5.27. The van der Waals surface area contributed by atoms with Crippen molar-refractivity contribution in [2.24, 2.45) is 0 Å². The molecule has 0 aliphatic heterocycles. The quantitative estimate of drug-likeness (QED) is 0.613. The van der Waals surface area contributed by atoms with Gasteiger partial charge in [0.15, 0.2) is 6.29 Å². The molecule has 1 rings (SSSR count). The average Bonchev–Trinajstić information content (AvgIpc) is 2.17. The van der Waals surface area contributed by atoms with Crippen molar-refractivity contribution in [1.29, 1.82) is 0 Å². The fourth-order valence-electron chi connectivity index (χ4n) is 1.20. The van der Waals surface area contributed by atoms with E-state index in [0.717, 1.165) is 5.56 Å². The molecule has 0 aliphatic carbocycles. The van der Waals surface area contributed by atoms with Crippen LogP contribution in [-0.4, -0.2) is 13.2 Å². The summed E-state index contributed by atoms with van der Waals surface area (Å²) in [5, 5.41) is 0. The zero-order chi connectivity index (χ0) is 10.4. The summed E-state index contributed by atoms with van der Waals surface area (Å²) in [6, 6.07) is 8.18. The molecule has 78 valence electrons. The van der Waals surface area contributed by atoms with Crippen LogP contribution in [0.5, 0.6) is 0 Å². The minimum absolute atomic E-state index is 0.222. The average molecular weight is 306 g/mol. The Labute approximate surface area is 98.7 Å². The predicted molar refractivity (Wildman–Crippen MR) is 65.2 cm³/mol. The lowest BCUT2D eigenvalue weighted by molar-refractivity contribution is -0.140. The molecular weight excluding hydrogens is 291 g/mol. The maximum atomic E-state index is 5.50. The number of benzene rings is 1. The van der Waals surface area contributed by atoms with Gasteiger partial charge in [0.25, 0.3) is 0 Å². The fraction of sp³-hybridized carbons (Fsp3) is 0.455. The summed E-state index contributed by atoms with van der Waals surface area (Å²) in [5.41, 5.74) is 1.08. The van der Waals surface area contributed by atoms with Gasteiger partial charge in [-0.25, -0.2) is 0 Å². The third-order valence-electron chi connectivity index (χ3n) is 1.76. The molecule has 0 bridgehead atoms. The molecule has 0 saturated carbocycles. The van der Waals surface area contributed by atoms with Crippen molar-refractivity contribution in [2.45, 2.75) is 20.1 Å². The molecule has 0 aromatic heterocycles.